The van der Waals surface area contributed by atoms with Crippen LogP contribution in [0.4, 0.5) is 0 Å². The number of hydrogen-bond acceptors (Lipinski definition) is 2. The summed E-state index contributed by atoms with van der Waals surface area (Å²) in [5.41, 5.74) is 2.09. The smallest absolute Gasteiger partial charge is 0.134 e. The first-order chi connectivity index (χ1) is 9.51. The molecule has 0 saturated heterocycles. The second-order valence-corrected chi connectivity index (χ2v) is 5.98. The van der Waals surface area contributed by atoms with Crippen molar-refractivity contribution in [3.63, 3.8) is 0 Å². The Kier molecular flexibility index (Phi) is 4.77. The van der Waals surface area contributed by atoms with E-state index in [4.69, 9.17) is 20.8 Å². The molecule has 0 amide bonds. The van der Waals surface area contributed by atoms with Gasteiger partial charge >= 0.3 is 0 Å². The van der Waals surface area contributed by atoms with E-state index in [1.807, 2.05) is 37.3 Å². The highest BCUT2D eigenvalue weighted by Crippen LogP contribution is 2.35. The van der Waals surface area contributed by atoms with Crippen molar-refractivity contribution in [2.24, 2.45) is 5.92 Å². The van der Waals surface area contributed by atoms with Gasteiger partial charge in [-0.15, -0.1) is 11.6 Å². The molecule has 1 aromatic heterocycles. The number of rotatable bonds is 5. The minimum atomic E-state index is -0.00175. The third-order valence-electron chi connectivity index (χ3n) is 3.33. The van der Waals surface area contributed by atoms with Crippen molar-refractivity contribution < 1.29 is 9.15 Å². The van der Waals surface area contributed by atoms with Crippen LogP contribution in [0.5, 0.6) is 5.75 Å². The van der Waals surface area contributed by atoms with Crippen LogP contribution in [0.1, 0.15) is 37.0 Å². The lowest BCUT2D eigenvalue weighted by molar-refractivity contribution is 0.414. The van der Waals surface area contributed by atoms with E-state index in [0.29, 0.717) is 5.92 Å². The maximum absolute atomic E-state index is 6.48. The van der Waals surface area contributed by atoms with Gasteiger partial charge in [-0.3, -0.25) is 0 Å². The largest absolute Gasteiger partial charge is 0.497 e. The van der Waals surface area contributed by atoms with Crippen molar-refractivity contribution in [2.45, 2.75) is 32.6 Å². The van der Waals surface area contributed by atoms with Crippen LogP contribution in [0.3, 0.4) is 0 Å². The molecule has 2 nitrogen and oxygen atoms in total. The normalized spacial score (nSPS) is 12.7. The zero-order valence-corrected chi connectivity index (χ0v) is 13.2. The Morgan fingerprint density at radius 1 is 1.25 bits per heavy atom. The first-order valence-electron chi connectivity index (χ1n) is 6.90. The van der Waals surface area contributed by atoms with Crippen LogP contribution in [0.25, 0.3) is 11.3 Å². The second kappa shape index (κ2) is 6.36. The van der Waals surface area contributed by atoms with Crippen molar-refractivity contribution in [2.75, 3.05) is 7.11 Å². The highest BCUT2D eigenvalue weighted by Gasteiger charge is 2.18. The molecule has 0 N–H and O–H groups in total. The van der Waals surface area contributed by atoms with Crippen LogP contribution >= 0.6 is 11.6 Å². The minimum Gasteiger partial charge on any atom is -0.497 e. The van der Waals surface area contributed by atoms with Gasteiger partial charge in [0.15, 0.2) is 0 Å². The molecule has 1 heterocycles. The number of methoxy groups -OCH3 is 1. The monoisotopic (exact) mass is 292 g/mol. The van der Waals surface area contributed by atoms with Crippen LogP contribution in [-0.2, 0) is 0 Å². The van der Waals surface area contributed by atoms with Crippen LogP contribution in [0.15, 0.2) is 34.7 Å². The summed E-state index contributed by atoms with van der Waals surface area (Å²) in [6.07, 6.45) is 0.944. The van der Waals surface area contributed by atoms with E-state index in [0.717, 1.165) is 34.8 Å². The lowest BCUT2D eigenvalue weighted by Gasteiger charge is -2.10. The maximum atomic E-state index is 6.48. The quantitative estimate of drug-likeness (QED) is 0.670. The summed E-state index contributed by atoms with van der Waals surface area (Å²) < 4.78 is 11.1. The fourth-order valence-electron chi connectivity index (χ4n) is 2.27. The standard InChI is InChI=1S/C17H21ClO2/c1-11(2)8-16(18)15-10-17(20-12(15)3)13-6-5-7-14(9-13)19-4/h5-7,9-11,16H,8H2,1-4H3. The Morgan fingerprint density at radius 3 is 2.65 bits per heavy atom. The predicted molar refractivity (Wildman–Crippen MR) is 83.5 cm³/mol. The number of alkyl halides is 1. The Bertz CT molecular complexity index is 572. The number of benzene rings is 1. The molecule has 1 aromatic carbocycles. The fraction of sp³-hybridized carbons (Fsp3) is 0.412. The Morgan fingerprint density at radius 2 is 2.00 bits per heavy atom. The van der Waals surface area contributed by atoms with E-state index in [9.17, 15) is 0 Å². The molecule has 0 saturated carbocycles. The minimum absolute atomic E-state index is 0.00175. The summed E-state index contributed by atoms with van der Waals surface area (Å²) in [5, 5.41) is -0.00175. The molecular weight excluding hydrogens is 272 g/mol. The molecule has 0 spiro atoms. The van der Waals surface area contributed by atoms with Crippen LogP contribution in [0, 0.1) is 12.8 Å². The molecule has 0 radical (unpaired) electrons. The van der Waals surface area contributed by atoms with Gasteiger partial charge in [0.2, 0.25) is 0 Å². The van der Waals surface area contributed by atoms with Gasteiger partial charge in [-0.1, -0.05) is 26.0 Å². The van der Waals surface area contributed by atoms with Gasteiger partial charge in [0.25, 0.3) is 0 Å². The zero-order chi connectivity index (χ0) is 14.7. The van der Waals surface area contributed by atoms with Crippen molar-refractivity contribution in [1.29, 1.82) is 0 Å². The summed E-state index contributed by atoms with van der Waals surface area (Å²) >= 11 is 6.48. The molecule has 2 aromatic rings. The summed E-state index contributed by atoms with van der Waals surface area (Å²) in [7, 11) is 1.66. The van der Waals surface area contributed by atoms with Gasteiger partial charge in [0, 0.05) is 11.1 Å². The molecular formula is C17H21ClO2. The number of hydrogen-bond donors (Lipinski definition) is 0. The first-order valence-corrected chi connectivity index (χ1v) is 7.33. The second-order valence-electron chi connectivity index (χ2n) is 5.45. The highest BCUT2D eigenvalue weighted by molar-refractivity contribution is 6.20. The van der Waals surface area contributed by atoms with Gasteiger partial charge in [-0.05, 0) is 37.5 Å². The van der Waals surface area contributed by atoms with Crippen LogP contribution in [-0.4, -0.2) is 7.11 Å². The van der Waals surface area contributed by atoms with E-state index >= 15 is 0 Å². The summed E-state index contributed by atoms with van der Waals surface area (Å²) in [4.78, 5) is 0. The third-order valence-corrected chi connectivity index (χ3v) is 3.74. The van der Waals surface area contributed by atoms with E-state index in [1.54, 1.807) is 7.11 Å². The number of halogens is 1. The van der Waals surface area contributed by atoms with E-state index in [-0.39, 0.29) is 5.38 Å². The van der Waals surface area contributed by atoms with Gasteiger partial charge in [0.05, 0.1) is 12.5 Å². The predicted octanol–water partition coefficient (Wildman–Crippen LogP) is 5.59. The lowest BCUT2D eigenvalue weighted by atomic mass is 10.0. The number of ether oxygens (including phenoxy) is 1. The maximum Gasteiger partial charge on any atom is 0.134 e. The third kappa shape index (κ3) is 3.37. The van der Waals surface area contributed by atoms with Crippen molar-refractivity contribution in [3.05, 3.63) is 41.7 Å². The molecule has 1 atom stereocenters. The summed E-state index contributed by atoms with van der Waals surface area (Å²) in [5.74, 6) is 3.11. The van der Waals surface area contributed by atoms with E-state index in [1.165, 1.54) is 0 Å². The van der Waals surface area contributed by atoms with Crippen molar-refractivity contribution in [1.82, 2.24) is 0 Å². The SMILES string of the molecule is COc1cccc(-c2cc(C(Cl)CC(C)C)c(C)o2)c1. The highest BCUT2D eigenvalue weighted by atomic mass is 35.5. The van der Waals surface area contributed by atoms with E-state index in [2.05, 4.69) is 13.8 Å². The average Bonchev–Trinajstić information content (AvgIpc) is 2.80. The van der Waals surface area contributed by atoms with Gasteiger partial charge in [-0.25, -0.2) is 0 Å². The van der Waals surface area contributed by atoms with Crippen molar-refractivity contribution >= 4 is 11.6 Å². The zero-order valence-electron chi connectivity index (χ0n) is 12.4. The Labute approximate surface area is 125 Å². The molecule has 3 heteroatoms. The van der Waals surface area contributed by atoms with E-state index < -0.39 is 0 Å². The molecule has 0 bridgehead atoms. The van der Waals surface area contributed by atoms with Gasteiger partial charge < -0.3 is 9.15 Å². The van der Waals surface area contributed by atoms with Gasteiger partial charge in [0.1, 0.15) is 17.3 Å². The molecule has 108 valence electrons. The topological polar surface area (TPSA) is 22.4 Å². The molecule has 1 unspecified atom stereocenters. The van der Waals surface area contributed by atoms with Crippen molar-refractivity contribution in [3.8, 4) is 17.1 Å². The Balaban J connectivity index is 2.30. The molecule has 0 aliphatic rings. The summed E-state index contributed by atoms with van der Waals surface area (Å²) in [6.45, 7) is 6.32. The number of aryl methyl sites for hydroxylation is 1. The first kappa shape index (κ1) is 15.0. The summed E-state index contributed by atoms with van der Waals surface area (Å²) in [6, 6.07) is 9.90. The van der Waals surface area contributed by atoms with Gasteiger partial charge in [-0.2, -0.15) is 0 Å². The fourth-order valence-corrected chi connectivity index (χ4v) is 2.84. The molecule has 0 fully saturated rings. The molecule has 0 aliphatic carbocycles. The Hall–Kier alpha value is -1.41. The van der Waals surface area contributed by atoms with Crippen LogP contribution in [0.2, 0.25) is 0 Å². The average molecular weight is 293 g/mol. The lowest BCUT2D eigenvalue weighted by Crippen LogP contribution is -1.96. The molecule has 0 aliphatic heterocycles. The molecule has 20 heavy (non-hydrogen) atoms. The molecule has 2 rings (SSSR count). The number of furan rings is 1. The van der Waals surface area contributed by atoms with Crippen LogP contribution < -0.4 is 4.74 Å².